The van der Waals surface area contributed by atoms with E-state index in [0.29, 0.717) is 49.1 Å². The summed E-state index contributed by atoms with van der Waals surface area (Å²) in [6, 6.07) is 14.4. The Labute approximate surface area is 289 Å². The Morgan fingerprint density at radius 2 is 1.84 bits per heavy atom. The van der Waals surface area contributed by atoms with Crippen molar-refractivity contribution in [3.8, 4) is 0 Å². The summed E-state index contributed by atoms with van der Waals surface area (Å²) in [4.78, 5) is 49.6. The Morgan fingerprint density at radius 3 is 2.51 bits per heavy atom. The first kappa shape index (κ1) is 32.0. The van der Waals surface area contributed by atoms with Gasteiger partial charge >= 0.3 is 0 Å². The number of amides is 3. The van der Waals surface area contributed by atoms with Crippen LogP contribution in [0.15, 0.2) is 54.7 Å². The van der Waals surface area contributed by atoms with Gasteiger partial charge in [0.25, 0.3) is 5.91 Å². The van der Waals surface area contributed by atoms with E-state index in [9.17, 15) is 14.4 Å². The van der Waals surface area contributed by atoms with Crippen molar-refractivity contribution in [2.24, 2.45) is 17.9 Å². The largest absolute Gasteiger partial charge is 0.381 e. The normalized spacial score (nSPS) is 23.0. The van der Waals surface area contributed by atoms with Crippen molar-refractivity contribution in [1.82, 2.24) is 35.7 Å². The van der Waals surface area contributed by atoms with Crippen molar-refractivity contribution in [2.45, 2.75) is 75.3 Å². The minimum absolute atomic E-state index is 0.0967. The van der Waals surface area contributed by atoms with Crippen LogP contribution in [0.25, 0.3) is 11.0 Å². The molecule has 3 atom stereocenters. The predicted molar refractivity (Wildman–Crippen MR) is 184 cm³/mol. The minimum atomic E-state index is -0.861. The number of rotatable bonds is 9. The summed E-state index contributed by atoms with van der Waals surface area (Å²) in [6.45, 7) is 3.74. The van der Waals surface area contributed by atoms with Gasteiger partial charge in [-0.3, -0.25) is 19.1 Å². The summed E-state index contributed by atoms with van der Waals surface area (Å²) < 4.78 is 7.30. The Bertz CT molecular complexity index is 1940. The van der Waals surface area contributed by atoms with Crippen LogP contribution in [0.1, 0.15) is 91.3 Å². The molecule has 4 aliphatic rings. The number of aromatic nitrogens is 4. The number of H-pyrrole nitrogens is 1. The third-order valence-electron chi connectivity index (χ3n) is 11.9. The molecule has 4 aromatic rings. The summed E-state index contributed by atoms with van der Waals surface area (Å²) in [6.07, 6.45) is 7.53. The number of aryl methyl sites for hydroxylation is 1. The molecule has 3 amide bonds. The van der Waals surface area contributed by atoms with Gasteiger partial charge in [0.1, 0.15) is 17.6 Å². The van der Waals surface area contributed by atoms with E-state index in [1.165, 1.54) is 0 Å². The van der Waals surface area contributed by atoms with Crippen molar-refractivity contribution in [1.29, 1.82) is 0 Å². The number of benzene rings is 2. The number of carbonyl (C=O) groups is 3. The van der Waals surface area contributed by atoms with Gasteiger partial charge in [-0.2, -0.15) is 5.10 Å². The highest BCUT2D eigenvalue weighted by atomic mass is 35.5. The van der Waals surface area contributed by atoms with Crippen LogP contribution < -0.4 is 16.0 Å². The fourth-order valence-electron chi connectivity index (χ4n) is 8.48. The van der Waals surface area contributed by atoms with Crippen LogP contribution in [-0.4, -0.2) is 63.3 Å². The fourth-order valence-corrected chi connectivity index (χ4v) is 8.74. The maximum atomic E-state index is 14.3. The Kier molecular flexibility index (Phi) is 7.83. The molecule has 2 aliphatic carbocycles. The molecule has 11 nitrogen and oxygen atoms in total. The quantitative estimate of drug-likeness (QED) is 0.199. The summed E-state index contributed by atoms with van der Waals surface area (Å²) in [5.41, 5.74) is 2.58. The lowest BCUT2D eigenvalue weighted by Gasteiger charge is -2.43. The van der Waals surface area contributed by atoms with E-state index in [2.05, 4.69) is 33.0 Å². The number of fused-ring (bicyclic) bond motifs is 1. The first-order chi connectivity index (χ1) is 23.6. The van der Waals surface area contributed by atoms with Gasteiger partial charge in [0.15, 0.2) is 0 Å². The number of nitrogens with one attached hydrogen (secondary N) is 4. The van der Waals surface area contributed by atoms with Crippen LogP contribution in [0, 0.1) is 10.8 Å². The molecule has 0 unspecified atom stereocenters. The molecule has 0 radical (unpaired) electrons. The van der Waals surface area contributed by atoms with Gasteiger partial charge in [0.2, 0.25) is 11.8 Å². The minimum Gasteiger partial charge on any atom is -0.381 e. The molecule has 2 aromatic heterocycles. The van der Waals surface area contributed by atoms with Gasteiger partial charge in [0.05, 0.1) is 22.5 Å². The third kappa shape index (κ3) is 5.42. The smallest absolute Gasteiger partial charge is 0.270 e. The molecule has 49 heavy (non-hydrogen) atoms. The van der Waals surface area contributed by atoms with E-state index in [-0.39, 0.29) is 34.5 Å². The molecule has 4 N–H and O–H groups in total. The van der Waals surface area contributed by atoms with Crippen LogP contribution in [0.3, 0.4) is 0 Å². The topological polar surface area (TPSA) is 143 Å². The molecular weight excluding hydrogens is 642 g/mol. The highest BCUT2D eigenvalue weighted by Crippen LogP contribution is 2.60. The number of carbonyl (C=O) groups excluding carboxylic acids is 3. The average molecular weight is 684 g/mol. The molecule has 2 aromatic carbocycles. The zero-order valence-corrected chi connectivity index (χ0v) is 28.6. The fraction of sp³-hybridized carbons (Fsp3) is 0.486. The van der Waals surface area contributed by atoms with E-state index in [1.807, 2.05) is 42.5 Å². The van der Waals surface area contributed by atoms with Crippen LogP contribution >= 0.6 is 11.6 Å². The second-order valence-corrected chi connectivity index (χ2v) is 15.2. The molecule has 8 rings (SSSR count). The molecular formula is C37H42ClN7O4. The predicted octanol–water partition coefficient (Wildman–Crippen LogP) is 4.84. The zero-order chi connectivity index (χ0) is 34.0. The monoisotopic (exact) mass is 683 g/mol. The van der Waals surface area contributed by atoms with Crippen LogP contribution in [-0.2, 0) is 26.8 Å². The van der Waals surface area contributed by atoms with Crippen LogP contribution in [0.4, 0.5) is 0 Å². The first-order valence-corrected chi connectivity index (χ1v) is 17.7. The SMILES string of the molecule is Cn1nccc1C(=O)N[C@H](c1nc2ccc(C3(C(=O)N[C@H]4C(=O)NCC45CCC5)CCOCC3)cc2[nH]1)[C@H](c1ccccc1Cl)C1(C)CC1. The highest BCUT2D eigenvalue weighted by molar-refractivity contribution is 6.31. The van der Waals surface area contributed by atoms with Crippen molar-refractivity contribution < 1.29 is 19.1 Å². The van der Waals surface area contributed by atoms with E-state index >= 15 is 0 Å². The number of halogens is 1. The van der Waals surface area contributed by atoms with Crippen molar-refractivity contribution in [3.63, 3.8) is 0 Å². The van der Waals surface area contributed by atoms with Gasteiger partial charge in [-0.05, 0) is 79.3 Å². The highest BCUT2D eigenvalue weighted by Gasteiger charge is 2.55. The molecule has 0 bridgehead atoms. The third-order valence-corrected chi connectivity index (χ3v) is 12.3. The summed E-state index contributed by atoms with van der Waals surface area (Å²) in [7, 11) is 1.74. The van der Waals surface area contributed by atoms with E-state index in [1.54, 1.807) is 24.0 Å². The molecule has 2 saturated heterocycles. The van der Waals surface area contributed by atoms with Crippen LogP contribution in [0.5, 0.6) is 0 Å². The van der Waals surface area contributed by atoms with E-state index in [4.69, 9.17) is 21.3 Å². The summed E-state index contributed by atoms with van der Waals surface area (Å²) >= 11 is 6.85. The maximum Gasteiger partial charge on any atom is 0.270 e. The molecule has 4 heterocycles. The van der Waals surface area contributed by atoms with E-state index in [0.717, 1.165) is 54.3 Å². The van der Waals surface area contributed by atoms with Crippen molar-refractivity contribution >= 4 is 40.4 Å². The lowest BCUT2D eigenvalue weighted by Crippen LogP contribution is -2.57. The molecule has 2 saturated carbocycles. The first-order valence-electron chi connectivity index (χ1n) is 17.3. The zero-order valence-electron chi connectivity index (χ0n) is 27.9. The lowest BCUT2D eigenvalue weighted by atomic mass is 9.65. The molecule has 1 spiro atoms. The molecule has 2 aliphatic heterocycles. The number of hydrogen-bond donors (Lipinski definition) is 4. The molecule has 12 heteroatoms. The van der Waals surface area contributed by atoms with Crippen molar-refractivity contribution in [3.05, 3.63) is 82.4 Å². The number of imidazole rings is 1. The Hall–Kier alpha value is -4.22. The van der Waals surface area contributed by atoms with Gasteiger partial charge in [0, 0.05) is 49.4 Å². The van der Waals surface area contributed by atoms with Gasteiger partial charge in [-0.1, -0.05) is 49.2 Å². The average Bonchev–Trinajstić information content (AvgIpc) is 3.38. The number of nitrogens with zero attached hydrogens (tertiary/aromatic N) is 3. The summed E-state index contributed by atoms with van der Waals surface area (Å²) in [5.74, 6) is -0.0425. The molecule has 256 valence electrons. The number of hydrogen-bond acceptors (Lipinski definition) is 6. The second-order valence-electron chi connectivity index (χ2n) is 14.8. The van der Waals surface area contributed by atoms with Gasteiger partial charge in [-0.15, -0.1) is 0 Å². The second kappa shape index (κ2) is 12.0. The molecule has 4 fully saturated rings. The van der Waals surface area contributed by atoms with Gasteiger partial charge < -0.3 is 25.7 Å². The standard InChI is InChI=1S/C37H42ClN7O4/c1-35(13-14-35)28(23-6-3-4-7-24(23)38)29(43-32(46)27-10-17-40-45(27)2)31-41-25-9-8-22(20-26(25)42-31)37(15-18-49-19-16-37)34(48)44-30-33(47)39-21-36(30)11-5-12-36/h3-4,6-10,17,20,28-30H,5,11-16,18-19,21H2,1-2H3,(H,39,47)(H,41,42)(H,43,46)(H,44,48)/t28-,29-,30-/m0/s1. The lowest BCUT2D eigenvalue weighted by molar-refractivity contribution is -0.136. The van der Waals surface area contributed by atoms with Gasteiger partial charge in [-0.25, -0.2) is 4.98 Å². The Balaban J connectivity index is 1.18. The summed E-state index contributed by atoms with van der Waals surface area (Å²) in [5, 5.41) is 14.4. The van der Waals surface area contributed by atoms with Crippen molar-refractivity contribution in [2.75, 3.05) is 19.8 Å². The number of aromatic amines is 1. The maximum absolute atomic E-state index is 14.3. The van der Waals surface area contributed by atoms with Crippen LogP contribution in [0.2, 0.25) is 5.02 Å². The van der Waals surface area contributed by atoms with E-state index < -0.39 is 17.5 Å². The Morgan fingerprint density at radius 1 is 1.06 bits per heavy atom. The number of ether oxygens (including phenoxy) is 1.